The number of carbonyl (C=O) groups is 1. The summed E-state index contributed by atoms with van der Waals surface area (Å²) in [6.07, 6.45) is 4.61. The van der Waals surface area contributed by atoms with E-state index in [1.807, 2.05) is 4.90 Å². The third-order valence-corrected chi connectivity index (χ3v) is 3.72. The van der Waals surface area contributed by atoms with E-state index in [1.54, 1.807) is 7.05 Å². The molecule has 1 spiro atoms. The van der Waals surface area contributed by atoms with Gasteiger partial charge in [-0.2, -0.15) is 0 Å². The van der Waals surface area contributed by atoms with Crippen LogP contribution in [0.3, 0.4) is 0 Å². The van der Waals surface area contributed by atoms with Gasteiger partial charge in [0.05, 0.1) is 0 Å². The van der Waals surface area contributed by atoms with Crippen molar-refractivity contribution in [3.63, 3.8) is 0 Å². The van der Waals surface area contributed by atoms with E-state index >= 15 is 0 Å². The molecule has 0 aromatic carbocycles. The lowest BCUT2D eigenvalue weighted by atomic mass is 9.74. The van der Waals surface area contributed by atoms with Crippen molar-refractivity contribution in [1.82, 2.24) is 10.2 Å². The highest BCUT2D eigenvalue weighted by Gasteiger charge is 2.38. The average Bonchev–Trinajstić information content (AvgIpc) is 2.29. The van der Waals surface area contributed by atoms with Crippen LogP contribution in [0.1, 0.15) is 25.7 Å². The van der Waals surface area contributed by atoms with E-state index in [1.165, 1.54) is 6.42 Å². The lowest BCUT2D eigenvalue weighted by Crippen LogP contribution is -2.50. The van der Waals surface area contributed by atoms with Crippen LogP contribution in [0.25, 0.3) is 0 Å². The molecule has 0 aliphatic carbocycles. The van der Waals surface area contributed by atoms with E-state index in [9.17, 15) is 4.79 Å². The van der Waals surface area contributed by atoms with Crippen LogP contribution in [0.5, 0.6) is 0 Å². The van der Waals surface area contributed by atoms with Crippen LogP contribution in [0, 0.1) is 5.41 Å². The number of hydrogen-bond acceptors (Lipinski definition) is 2. The highest BCUT2D eigenvalue weighted by atomic mass is 16.5. The van der Waals surface area contributed by atoms with Crippen LogP contribution < -0.4 is 5.32 Å². The van der Waals surface area contributed by atoms with Crippen LogP contribution in [-0.2, 0) is 4.74 Å². The number of carbonyl (C=O) groups excluding carboxylic acids is 1. The maximum Gasteiger partial charge on any atom is 0.317 e. The first-order valence-electron chi connectivity index (χ1n) is 5.80. The summed E-state index contributed by atoms with van der Waals surface area (Å²) in [5, 5.41) is 2.71. The van der Waals surface area contributed by atoms with Crippen molar-refractivity contribution >= 4 is 6.03 Å². The Balaban J connectivity index is 1.99. The molecule has 0 aromatic rings. The quantitative estimate of drug-likeness (QED) is 0.656. The first kappa shape index (κ1) is 10.7. The average molecular weight is 212 g/mol. The molecule has 2 aliphatic heterocycles. The molecule has 4 nitrogen and oxygen atoms in total. The Labute approximate surface area is 91.0 Å². The van der Waals surface area contributed by atoms with Gasteiger partial charge < -0.3 is 15.0 Å². The van der Waals surface area contributed by atoms with Crippen LogP contribution in [0.4, 0.5) is 4.79 Å². The van der Waals surface area contributed by atoms with Crippen molar-refractivity contribution in [2.24, 2.45) is 5.41 Å². The molecule has 0 radical (unpaired) electrons. The van der Waals surface area contributed by atoms with Crippen molar-refractivity contribution in [3.8, 4) is 0 Å². The number of amides is 2. The molecule has 0 bridgehead atoms. The van der Waals surface area contributed by atoms with Crippen LogP contribution >= 0.6 is 0 Å². The fraction of sp³-hybridized carbons (Fsp3) is 0.909. The second kappa shape index (κ2) is 4.39. The molecule has 1 N–H and O–H groups in total. The third-order valence-electron chi connectivity index (χ3n) is 3.72. The molecule has 2 rings (SSSR count). The van der Waals surface area contributed by atoms with Crippen molar-refractivity contribution in [3.05, 3.63) is 0 Å². The Morgan fingerprint density at radius 2 is 2.07 bits per heavy atom. The minimum Gasteiger partial charge on any atom is -0.381 e. The summed E-state index contributed by atoms with van der Waals surface area (Å²) in [7, 11) is 1.70. The monoisotopic (exact) mass is 212 g/mol. The molecule has 0 atom stereocenters. The van der Waals surface area contributed by atoms with Crippen LogP contribution in [0.15, 0.2) is 0 Å². The van der Waals surface area contributed by atoms with E-state index in [-0.39, 0.29) is 6.03 Å². The van der Waals surface area contributed by atoms with Crippen molar-refractivity contribution < 1.29 is 9.53 Å². The Morgan fingerprint density at radius 1 is 1.33 bits per heavy atom. The zero-order chi connectivity index (χ0) is 10.7. The Kier molecular flexibility index (Phi) is 3.14. The van der Waals surface area contributed by atoms with Crippen LogP contribution in [0.2, 0.25) is 0 Å². The number of piperidine rings is 1. The number of rotatable bonds is 0. The molecule has 4 heteroatoms. The first-order valence-corrected chi connectivity index (χ1v) is 5.80. The zero-order valence-electron chi connectivity index (χ0n) is 9.42. The summed E-state index contributed by atoms with van der Waals surface area (Å²) in [6, 6.07) is 0.0700. The van der Waals surface area contributed by atoms with Gasteiger partial charge in [-0.3, -0.25) is 0 Å². The SMILES string of the molecule is CNC(=O)N1CCCC2(CCOCC2)C1. The van der Waals surface area contributed by atoms with Crippen molar-refractivity contribution in [1.29, 1.82) is 0 Å². The van der Waals surface area contributed by atoms with E-state index in [4.69, 9.17) is 4.74 Å². The van der Waals surface area contributed by atoms with Gasteiger partial charge in [0.25, 0.3) is 0 Å². The highest BCUT2D eigenvalue weighted by molar-refractivity contribution is 5.73. The largest absolute Gasteiger partial charge is 0.381 e. The summed E-state index contributed by atoms with van der Waals surface area (Å²) in [6.45, 7) is 3.54. The molecule has 86 valence electrons. The second-order valence-electron chi connectivity index (χ2n) is 4.69. The summed E-state index contributed by atoms with van der Waals surface area (Å²) in [4.78, 5) is 13.5. The van der Waals surface area contributed by atoms with Crippen LogP contribution in [-0.4, -0.2) is 44.3 Å². The predicted octanol–water partition coefficient (Wildman–Crippen LogP) is 1.22. The minimum absolute atomic E-state index is 0.0700. The normalized spacial score (nSPS) is 25.3. The molecule has 15 heavy (non-hydrogen) atoms. The summed E-state index contributed by atoms with van der Waals surface area (Å²) >= 11 is 0. The maximum atomic E-state index is 11.6. The standard InChI is InChI=1S/C11H20N2O2/c1-12-10(14)13-6-2-3-11(9-13)4-7-15-8-5-11/h2-9H2,1H3,(H,12,14). The Bertz CT molecular complexity index is 231. The van der Waals surface area contributed by atoms with E-state index in [2.05, 4.69) is 5.32 Å². The summed E-state index contributed by atoms with van der Waals surface area (Å²) < 4.78 is 5.40. The lowest BCUT2D eigenvalue weighted by Gasteiger charge is -2.44. The second-order valence-corrected chi connectivity index (χ2v) is 4.69. The number of ether oxygens (including phenoxy) is 1. The van der Waals surface area contributed by atoms with Gasteiger partial charge >= 0.3 is 6.03 Å². The van der Waals surface area contributed by atoms with Gasteiger partial charge in [0.15, 0.2) is 0 Å². The molecule has 2 saturated heterocycles. The zero-order valence-corrected chi connectivity index (χ0v) is 9.42. The minimum atomic E-state index is 0.0700. The fourth-order valence-corrected chi connectivity index (χ4v) is 2.75. The molecule has 2 fully saturated rings. The van der Waals surface area contributed by atoms with Gasteiger partial charge in [-0.25, -0.2) is 4.79 Å². The number of nitrogens with one attached hydrogen (secondary N) is 1. The number of likely N-dealkylation sites (tertiary alicyclic amines) is 1. The smallest absolute Gasteiger partial charge is 0.317 e. The molecular weight excluding hydrogens is 192 g/mol. The molecule has 0 saturated carbocycles. The van der Waals surface area contributed by atoms with E-state index in [0.717, 1.165) is 45.6 Å². The molecule has 0 unspecified atom stereocenters. The maximum absolute atomic E-state index is 11.6. The van der Waals surface area contributed by atoms with Crippen molar-refractivity contribution in [2.45, 2.75) is 25.7 Å². The van der Waals surface area contributed by atoms with Gasteiger partial charge in [0.1, 0.15) is 0 Å². The van der Waals surface area contributed by atoms with Gasteiger partial charge in [-0.15, -0.1) is 0 Å². The highest BCUT2D eigenvalue weighted by Crippen LogP contribution is 2.38. The fourth-order valence-electron chi connectivity index (χ4n) is 2.75. The lowest BCUT2D eigenvalue weighted by molar-refractivity contribution is -0.0184. The Morgan fingerprint density at radius 3 is 2.73 bits per heavy atom. The van der Waals surface area contributed by atoms with Crippen molar-refractivity contribution in [2.75, 3.05) is 33.4 Å². The summed E-state index contributed by atoms with van der Waals surface area (Å²) in [5.41, 5.74) is 0.350. The molecule has 2 aliphatic rings. The van der Waals surface area contributed by atoms with E-state index in [0.29, 0.717) is 5.41 Å². The first-order chi connectivity index (χ1) is 7.26. The van der Waals surface area contributed by atoms with Gasteiger partial charge in [0.2, 0.25) is 0 Å². The third kappa shape index (κ3) is 2.25. The number of urea groups is 1. The van der Waals surface area contributed by atoms with Gasteiger partial charge in [-0.1, -0.05) is 0 Å². The summed E-state index contributed by atoms with van der Waals surface area (Å²) in [5.74, 6) is 0. The molecular formula is C11H20N2O2. The van der Waals surface area contributed by atoms with E-state index < -0.39 is 0 Å². The molecule has 2 amide bonds. The topological polar surface area (TPSA) is 41.6 Å². The predicted molar refractivity (Wildman–Crippen MR) is 57.7 cm³/mol. The number of nitrogens with zero attached hydrogens (tertiary/aromatic N) is 1. The van der Waals surface area contributed by atoms with Gasteiger partial charge in [0, 0.05) is 33.4 Å². The number of hydrogen-bond donors (Lipinski definition) is 1. The molecule has 0 aromatic heterocycles. The Hall–Kier alpha value is -0.770. The molecule has 2 heterocycles. The van der Waals surface area contributed by atoms with Gasteiger partial charge in [-0.05, 0) is 31.1 Å².